The third-order valence-electron chi connectivity index (χ3n) is 5.15. The van der Waals surface area contributed by atoms with Crippen LogP contribution in [0.5, 0.6) is 17.2 Å². The number of carbonyl (C=O) groups excluding carboxylic acids is 3. The minimum Gasteiger partial charge on any atom is -0.493 e. The molecule has 0 aliphatic carbocycles. The number of hydrogen-bond acceptors (Lipinski definition) is 9. The summed E-state index contributed by atoms with van der Waals surface area (Å²) < 4.78 is 27.2. The van der Waals surface area contributed by atoms with Gasteiger partial charge < -0.3 is 23.7 Å². The molecule has 2 rings (SSSR count). The van der Waals surface area contributed by atoms with Crippen LogP contribution in [0.3, 0.4) is 0 Å². The minimum atomic E-state index is -0.748. The van der Waals surface area contributed by atoms with Crippen molar-refractivity contribution in [2.75, 3.05) is 13.9 Å². The second-order valence-corrected chi connectivity index (χ2v) is 8.40. The van der Waals surface area contributed by atoms with Gasteiger partial charge in [0.15, 0.2) is 23.0 Å². The Hall–Kier alpha value is -3.62. The van der Waals surface area contributed by atoms with Gasteiger partial charge in [0.1, 0.15) is 18.0 Å². The fourth-order valence-electron chi connectivity index (χ4n) is 3.36. The van der Waals surface area contributed by atoms with E-state index in [2.05, 4.69) is 4.98 Å². The molecule has 0 aliphatic rings. The highest BCUT2D eigenvalue weighted by Gasteiger charge is 2.30. The van der Waals surface area contributed by atoms with Crippen LogP contribution in [-0.2, 0) is 19.1 Å². The molecule has 0 saturated heterocycles. The highest BCUT2D eigenvalue weighted by atomic mass is 16.7. The topological polar surface area (TPSA) is 110 Å². The molecule has 1 aromatic heterocycles. The van der Waals surface area contributed by atoms with Gasteiger partial charge in [0, 0.05) is 25.6 Å². The molecule has 2 aromatic rings. The lowest BCUT2D eigenvalue weighted by atomic mass is 10.00. The lowest BCUT2D eigenvalue weighted by Crippen LogP contribution is -2.39. The number of rotatable bonds is 13. The quantitative estimate of drug-likeness (QED) is 0.233. The number of pyridine rings is 1. The highest BCUT2D eigenvalue weighted by molar-refractivity contribution is 5.99. The van der Waals surface area contributed by atoms with E-state index in [0.717, 1.165) is 0 Å². The molecule has 1 aromatic carbocycles. The van der Waals surface area contributed by atoms with E-state index in [1.54, 1.807) is 6.92 Å². The Morgan fingerprint density at radius 1 is 1.00 bits per heavy atom. The van der Waals surface area contributed by atoms with Crippen molar-refractivity contribution in [3.05, 3.63) is 48.3 Å². The Balaban J connectivity index is 2.08. The van der Waals surface area contributed by atoms with E-state index in [-0.39, 0.29) is 29.5 Å². The molecule has 3 atom stereocenters. The molecular weight excluding hydrogens is 454 g/mol. The fraction of sp³-hybridized carbons (Fsp3) is 0.462. The van der Waals surface area contributed by atoms with Crippen molar-refractivity contribution in [3.63, 3.8) is 0 Å². The summed E-state index contributed by atoms with van der Waals surface area (Å²) in [6.45, 7) is 8.15. The van der Waals surface area contributed by atoms with Gasteiger partial charge in [-0.25, -0.2) is 4.98 Å². The number of ketones is 1. The number of aromatic nitrogens is 1. The molecule has 0 bridgehead atoms. The van der Waals surface area contributed by atoms with E-state index in [1.807, 2.05) is 51.1 Å². The van der Waals surface area contributed by atoms with Crippen molar-refractivity contribution < 1.29 is 38.1 Å². The van der Waals surface area contributed by atoms with Gasteiger partial charge in [-0.3, -0.25) is 14.4 Å². The number of benzene rings is 1. The van der Waals surface area contributed by atoms with Gasteiger partial charge in [0.25, 0.3) is 0 Å². The summed E-state index contributed by atoms with van der Waals surface area (Å²) in [4.78, 5) is 41.0. The lowest BCUT2D eigenvalue weighted by molar-refractivity contribution is -0.161. The SMILES string of the molecule is COc1ccnc(C(=O)C[C@@H](C)C(=O)O[C@H](C(C)C)[C@H](C)Oc2ccccc2)c1OCOC(C)=O. The third kappa shape index (κ3) is 8.27. The Labute approximate surface area is 205 Å². The molecule has 0 radical (unpaired) electrons. The summed E-state index contributed by atoms with van der Waals surface area (Å²) in [5.74, 6) is -1.31. The number of hydrogen-bond donors (Lipinski definition) is 0. The van der Waals surface area contributed by atoms with E-state index >= 15 is 0 Å². The normalized spacial score (nSPS) is 13.3. The fourth-order valence-corrected chi connectivity index (χ4v) is 3.36. The zero-order valence-electron chi connectivity index (χ0n) is 21.0. The molecule has 0 fully saturated rings. The van der Waals surface area contributed by atoms with Crippen LogP contribution >= 0.6 is 0 Å². The summed E-state index contributed by atoms with van der Waals surface area (Å²) >= 11 is 0. The van der Waals surface area contributed by atoms with Gasteiger partial charge in [-0.15, -0.1) is 0 Å². The van der Waals surface area contributed by atoms with Gasteiger partial charge >= 0.3 is 11.9 Å². The Morgan fingerprint density at radius 3 is 2.29 bits per heavy atom. The number of para-hydroxylation sites is 1. The van der Waals surface area contributed by atoms with E-state index in [4.69, 9.17) is 23.7 Å². The molecule has 0 amide bonds. The van der Waals surface area contributed by atoms with E-state index in [1.165, 1.54) is 26.3 Å². The smallest absolute Gasteiger partial charge is 0.309 e. The Bertz CT molecular complexity index is 992. The van der Waals surface area contributed by atoms with Crippen LogP contribution in [0.2, 0.25) is 0 Å². The van der Waals surface area contributed by atoms with Gasteiger partial charge in [0.2, 0.25) is 6.79 Å². The highest BCUT2D eigenvalue weighted by Crippen LogP contribution is 2.31. The van der Waals surface area contributed by atoms with Gasteiger partial charge in [-0.05, 0) is 25.0 Å². The van der Waals surface area contributed by atoms with Crippen LogP contribution in [0.15, 0.2) is 42.6 Å². The monoisotopic (exact) mass is 487 g/mol. The number of ether oxygens (including phenoxy) is 5. The molecule has 9 nitrogen and oxygen atoms in total. The molecule has 0 spiro atoms. The van der Waals surface area contributed by atoms with Crippen molar-refractivity contribution >= 4 is 17.7 Å². The number of methoxy groups -OCH3 is 1. The first-order chi connectivity index (χ1) is 16.6. The second-order valence-electron chi connectivity index (χ2n) is 8.40. The van der Waals surface area contributed by atoms with Crippen LogP contribution in [0.4, 0.5) is 0 Å². The summed E-state index contributed by atoms with van der Waals surface area (Å²) in [5.41, 5.74) is -0.0302. The van der Waals surface area contributed by atoms with Crippen LogP contribution in [0.1, 0.15) is 51.5 Å². The number of esters is 2. The largest absolute Gasteiger partial charge is 0.493 e. The summed E-state index contributed by atoms with van der Waals surface area (Å²) in [5, 5.41) is 0. The van der Waals surface area contributed by atoms with Crippen LogP contribution < -0.4 is 14.2 Å². The maximum Gasteiger partial charge on any atom is 0.309 e. The van der Waals surface area contributed by atoms with E-state index in [0.29, 0.717) is 5.75 Å². The molecule has 190 valence electrons. The van der Waals surface area contributed by atoms with Crippen molar-refractivity contribution in [1.29, 1.82) is 0 Å². The minimum absolute atomic E-state index is 0.0121. The first kappa shape index (κ1) is 27.6. The first-order valence-electron chi connectivity index (χ1n) is 11.4. The zero-order valence-corrected chi connectivity index (χ0v) is 21.0. The molecule has 0 N–H and O–H groups in total. The Kier molecular flexibility index (Phi) is 10.5. The first-order valence-corrected chi connectivity index (χ1v) is 11.4. The van der Waals surface area contributed by atoms with Crippen LogP contribution in [-0.4, -0.2) is 48.8 Å². The Morgan fingerprint density at radius 2 is 1.69 bits per heavy atom. The summed E-state index contributed by atoms with van der Waals surface area (Å²) in [6.07, 6.45) is 0.315. The van der Waals surface area contributed by atoms with E-state index < -0.39 is 42.6 Å². The van der Waals surface area contributed by atoms with Crippen LogP contribution in [0.25, 0.3) is 0 Å². The molecule has 35 heavy (non-hydrogen) atoms. The number of Topliss-reactive ketones (excluding diaryl/α,β-unsaturated/α-hetero) is 1. The molecule has 1 heterocycles. The third-order valence-corrected chi connectivity index (χ3v) is 5.15. The predicted octanol–water partition coefficient (Wildman–Crippen LogP) is 4.23. The summed E-state index contributed by atoms with van der Waals surface area (Å²) in [6, 6.07) is 10.8. The van der Waals surface area contributed by atoms with Gasteiger partial charge in [-0.1, -0.05) is 39.0 Å². The maximum atomic E-state index is 13.0. The molecular formula is C26H33NO8. The standard InChI is InChI=1S/C26H33NO8/c1-16(2)24(18(4)34-20-10-8-7-9-11-20)35-26(30)17(3)14-21(29)23-25(33-15-32-19(5)28)22(31-6)12-13-27-23/h7-13,16-18,24H,14-15H2,1-6H3/t17-,18+,24-/m1/s1. The molecule has 9 heteroatoms. The summed E-state index contributed by atoms with van der Waals surface area (Å²) in [7, 11) is 1.41. The van der Waals surface area contributed by atoms with Gasteiger partial charge in [0.05, 0.1) is 13.0 Å². The molecule has 0 unspecified atom stereocenters. The van der Waals surface area contributed by atoms with Crippen molar-refractivity contribution in [3.8, 4) is 17.2 Å². The number of nitrogens with zero attached hydrogens (tertiary/aromatic N) is 1. The van der Waals surface area contributed by atoms with Crippen molar-refractivity contribution in [1.82, 2.24) is 4.98 Å². The van der Waals surface area contributed by atoms with E-state index in [9.17, 15) is 14.4 Å². The molecule has 0 saturated carbocycles. The van der Waals surface area contributed by atoms with Crippen molar-refractivity contribution in [2.45, 2.75) is 53.2 Å². The average Bonchev–Trinajstić information content (AvgIpc) is 2.82. The number of carbonyl (C=O) groups is 3. The molecule has 0 aliphatic heterocycles. The second kappa shape index (κ2) is 13.3. The zero-order chi connectivity index (χ0) is 26.0. The predicted molar refractivity (Wildman–Crippen MR) is 127 cm³/mol. The van der Waals surface area contributed by atoms with Gasteiger partial charge in [-0.2, -0.15) is 0 Å². The van der Waals surface area contributed by atoms with Crippen LogP contribution in [0, 0.1) is 11.8 Å². The lowest BCUT2D eigenvalue weighted by Gasteiger charge is -2.29. The average molecular weight is 488 g/mol. The van der Waals surface area contributed by atoms with Crippen molar-refractivity contribution in [2.24, 2.45) is 11.8 Å². The maximum absolute atomic E-state index is 13.0.